The minimum atomic E-state index is -0.189. The number of hydrogen-bond donors (Lipinski definition) is 1. The average Bonchev–Trinajstić information content (AvgIpc) is 2.67. The Morgan fingerprint density at radius 2 is 2.07 bits per heavy atom. The predicted octanol–water partition coefficient (Wildman–Crippen LogP) is 1.59. The highest BCUT2D eigenvalue weighted by Crippen LogP contribution is 2.27. The molecule has 0 heterocycles. The molecule has 0 spiro atoms. The maximum absolute atomic E-state index is 11.7. The van der Waals surface area contributed by atoms with Crippen LogP contribution in [0.4, 0.5) is 4.79 Å². The summed E-state index contributed by atoms with van der Waals surface area (Å²) in [6.45, 7) is 5.94. The third kappa shape index (κ3) is 3.09. The van der Waals surface area contributed by atoms with E-state index in [-0.39, 0.29) is 12.2 Å². The van der Waals surface area contributed by atoms with E-state index in [1.165, 1.54) is 0 Å². The highest BCUT2D eigenvalue weighted by Gasteiger charge is 2.30. The lowest BCUT2D eigenvalue weighted by atomic mass is 10.1. The minimum Gasteiger partial charge on any atom is -0.446 e. The van der Waals surface area contributed by atoms with Crippen LogP contribution in [0, 0.1) is 5.92 Å². The van der Waals surface area contributed by atoms with Gasteiger partial charge in [-0.2, -0.15) is 0 Å². The highest BCUT2D eigenvalue weighted by molar-refractivity contribution is 5.67. The zero-order valence-corrected chi connectivity index (χ0v) is 9.74. The fraction of sp³-hybridized carbons (Fsp3) is 0.909. The summed E-state index contributed by atoms with van der Waals surface area (Å²) in [5.41, 5.74) is 5.64. The Morgan fingerprint density at radius 1 is 1.40 bits per heavy atom. The van der Waals surface area contributed by atoms with Crippen molar-refractivity contribution in [2.45, 2.75) is 39.2 Å². The van der Waals surface area contributed by atoms with Gasteiger partial charge in [0.1, 0.15) is 6.10 Å². The number of nitrogens with two attached hydrogens (primary N) is 1. The second-order valence-electron chi connectivity index (χ2n) is 4.02. The first-order valence-corrected chi connectivity index (χ1v) is 5.88. The van der Waals surface area contributed by atoms with Gasteiger partial charge in [0.15, 0.2) is 0 Å². The molecule has 1 aliphatic carbocycles. The first-order valence-electron chi connectivity index (χ1n) is 5.88. The van der Waals surface area contributed by atoms with Crippen molar-refractivity contribution in [3.8, 4) is 0 Å². The van der Waals surface area contributed by atoms with Crippen LogP contribution in [0.25, 0.3) is 0 Å². The Labute approximate surface area is 91.8 Å². The number of amides is 1. The summed E-state index contributed by atoms with van der Waals surface area (Å²) in [5.74, 6) is 0.365. The number of nitrogens with zero attached hydrogens (tertiary/aromatic N) is 1. The van der Waals surface area contributed by atoms with Crippen LogP contribution < -0.4 is 5.73 Å². The standard InChI is InChI=1S/C11H22N2O2/c1-3-13(4-2)11(14)15-10-7-5-6-9(10)8-12/h9-10H,3-8,12H2,1-2H3. The molecule has 15 heavy (non-hydrogen) atoms. The monoisotopic (exact) mass is 214 g/mol. The zero-order valence-electron chi connectivity index (χ0n) is 9.74. The van der Waals surface area contributed by atoms with Crippen LogP contribution in [0.5, 0.6) is 0 Å². The number of hydrogen-bond acceptors (Lipinski definition) is 3. The van der Waals surface area contributed by atoms with Gasteiger partial charge in [-0.3, -0.25) is 0 Å². The van der Waals surface area contributed by atoms with Crippen LogP contribution in [-0.2, 0) is 4.74 Å². The molecule has 0 aromatic heterocycles. The van der Waals surface area contributed by atoms with Crippen LogP contribution in [0.15, 0.2) is 0 Å². The summed E-state index contributed by atoms with van der Waals surface area (Å²) < 4.78 is 5.47. The van der Waals surface area contributed by atoms with Gasteiger partial charge in [-0.25, -0.2) is 4.79 Å². The summed E-state index contributed by atoms with van der Waals surface area (Å²) >= 11 is 0. The maximum Gasteiger partial charge on any atom is 0.410 e. The second kappa shape index (κ2) is 5.95. The molecule has 1 saturated carbocycles. The van der Waals surface area contributed by atoms with Crippen molar-refractivity contribution in [3.05, 3.63) is 0 Å². The quantitative estimate of drug-likeness (QED) is 0.773. The summed E-state index contributed by atoms with van der Waals surface area (Å²) in [6.07, 6.45) is 3.04. The SMILES string of the molecule is CCN(CC)C(=O)OC1CCCC1CN. The fourth-order valence-electron chi connectivity index (χ4n) is 2.11. The maximum atomic E-state index is 11.7. The van der Waals surface area contributed by atoms with Crippen LogP contribution >= 0.6 is 0 Å². The molecule has 0 radical (unpaired) electrons. The Kier molecular flexibility index (Phi) is 4.88. The molecule has 2 atom stereocenters. The first-order chi connectivity index (χ1) is 7.22. The molecule has 1 aliphatic rings. The van der Waals surface area contributed by atoms with Gasteiger partial charge in [0.05, 0.1) is 0 Å². The number of ether oxygens (including phenoxy) is 1. The van der Waals surface area contributed by atoms with Crippen molar-refractivity contribution < 1.29 is 9.53 Å². The Bertz CT molecular complexity index is 205. The molecule has 0 aliphatic heterocycles. The lowest BCUT2D eigenvalue weighted by molar-refractivity contribution is 0.0495. The Balaban J connectivity index is 2.42. The van der Waals surface area contributed by atoms with Gasteiger partial charge in [-0.05, 0) is 39.7 Å². The lowest BCUT2D eigenvalue weighted by Crippen LogP contribution is -2.36. The van der Waals surface area contributed by atoms with Gasteiger partial charge in [0, 0.05) is 19.0 Å². The number of carbonyl (C=O) groups is 1. The third-order valence-corrected chi connectivity index (χ3v) is 3.17. The topological polar surface area (TPSA) is 55.6 Å². The summed E-state index contributed by atoms with van der Waals surface area (Å²) in [4.78, 5) is 13.4. The van der Waals surface area contributed by atoms with Gasteiger partial charge in [-0.15, -0.1) is 0 Å². The van der Waals surface area contributed by atoms with Gasteiger partial charge in [0.25, 0.3) is 0 Å². The van der Waals surface area contributed by atoms with Crippen LogP contribution in [0.1, 0.15) is 33.1 Å². The second-order valence-corrected chi connectivity index (χ2v) is 4.02. The fourth-order valence-corrected chi connectivity index (χ4v) is 2.11. The van der Waals surface area contributed by atoms with E-state index in [1.807, 2.05) is 13.8 Å². The Hall–Kier alpha value is -0.770. The highest BCUT2D eigenvalue weighted by atomic mass is 16.6. The lowest BCUT2D eigenvalue weighted by Gasteiger charge is -2.24. The van der Waals surface area contributed by atoms with E-state index in [2.05, 4.69) is 0 Å². The molecule has 1 amide bonds. The van der Waals surface area contributed by atoms with Gasteiger partial charge >= 0.3 is 6.09 Å². The molecule has 0 saturated heterocycles. The normalized spacial score (nSPS) is 25.3. The van der Waals surface area contributed by atoms with Gasteiger partial charge < -0.3 is 15.4 Å². The van der Waals surface area contributed by atoms with Crippen molar-refractivity contribution in [1.29, 1.82) is 0 Å². The van der Waals surface area contributed by atoms with Crippen LogP contribution in [0.2, 0.25) is 0 Å². The first kappa shape index (κ1) is 12.3. The summed E-state index contributed by atoms with van der Waals surface area (Å²) in [5, 5.41) is 0. The summed E-state index contributed by atoms with van der Waals surface area (Å²) in [7, 11) is 0. The van der Waals surface area contributed by atoms with Crippen molar-refractivity contribution in [2.75, 3.05) is 19.6 Å². The van der Waals surface area contributed by atoms with Gasteiger partial charge in [0.2, 0.25) is 0 Å². The van der Waals surface area contributed by atoms with Crippen molar-refractivity contribution in [3.63, 3.8) is 0 Å². The molecular weight excluding hydrogens is 192 g/mol. The molecule has 2 N–H and O–H groups in total. The van der Waals surface area contributed by atoms with E-state index in [1.54, 1.807) is 4.90 Å². The van der Waals surface area contributed by atoms with Crippen molar-refractivity contribution in [2.24, 2.45) is 11.7 Å². The molecule has 1 fully saturated rings. The Morgan fingerprint density at radius 3 is 2.60 bits per heavy atom. The van der Waals surface area contributed by atoms with Crippen LogP contribution in [0.3, 0.4) is 0 Å². The van der Waals surface area contributed by atoms with E-state index in [9.17, 15) is 4.79 Å². The molecule has 1 rings (SSSR count). The molecular formula is C11H22N2O2. The van der Waals surface area contributed by atoms with E-state index < -0.39 is 0 Å². The molecule has 88 valence electrons. The van der Waals surface area contributed by atoms with E-state index in [0.29, 0.717) is 25.6 Å². The van der Waals surface area contributed by atoms with Crippen molar-refractivity contribution >= 4 is 6.09 Å². The van der Waals surface area contributed by atoms with E-state index >= 15 is 0 Å². The zero-order chi connectivity index (χ0) is 11.3. The molecule has 4 nitrogen and oxygen atoms in total. The smallest absolute Gasteiger partial charge is 0.410 e. The average molecular weight is 214 g/mol. The largest absolute Gasteiger partial charge is 0.446 e. The van der Waals surface area contributed by atoms with E-state index in [0.717, 1.165) is 19.3 Å². The molecule has 0 bridgehead atoms. The third-order valence-electron chi connectivity index (χ3n) is 3.17. The number of carbonyl (C=O) groups excluding carboxylic acids is 1. The molecule has 0 aromatic rings. The number of rotatable bonds is 4. The van der Waals surface area contributed by atoms with Crippen LogP contribution in [-0.4, -0.2) is 36.7 Å². The van der Waals surface area contributed by atoms with E-state index in [4.69, 9.17) is 10.5 Å². The summed E-state index contributed by atoms with van der Waals surface area (Å²) in [6, 6.07) is 0. The molecule has 0 aromatic carbocycles. The molecule has 2 unspecified atom stereocenters. The molecule has 4 heteroatoms. The predicted molar refractivity (Wildman–Crippen MR) is 59.6 cm³/mol. The van der Waals surface area contributed by atoms with Gasteiger partial charge in [-0.1, -0.05) is 0 Å². The van der Waals surface area contributed by atoms with Crippen molar-refractivity contribution in [1.82, 2.24) is 4.90 Å². The minimum absolute atomic E-state index is 0.0445.